The molecule has 1 rings (SSSR count). The number of alkyl halides is 2. The second-order valence-corrected chi connectivity index (χ2v) is 2.96. The third-order valence-electron chi connectivity index (χ3n) is 1.45. The van der Waals surface area contributed by atoms with Gasteiger partial charge in [0.25, 0.3) is 6.43 Å². The summed E-state index contributed by atoms with van der Waals surface area (Å²) in [6.45, 7) is 0. The molecular weight excluding hydrogens is 244 g/mol. The highest BCUT2D eigenvalue weighted by atomic mass is 79.9. The zero-order chi connectivity index (χ0) is 10.0. The molecule has 13 heavy (non-hydrogen) atoms. The van der Waals surface area contributed by atoms with E-state index in [9.17, 15) is 8.78 Å². The lowest BCUT2D eigenvalue weighted by Crippen LogP contribution is -2.00. The van der Waals surface area contributed by atoms with Crippen LogP contribution in [0, 0.1) is 11.3 Å². The van der Waals surface area contributed by atoms with E-state index in [-0.39, 0.29) is 15.9 Å². The molecule has 0 fully saturated rings. The van der Waals surface area contributed by atoms with Crippen molar-refractivity contribution in [1.82, 2.24) is 4.98 Å². The first-order valence-corrected chi connectivity index (χ1v) is 3.99. The first-order chi connectivity index (χ1) is 6.07. The largest absolute Gasteiger partial charge is 0.397 e. The van der Waals surface area contributed by atoms with Crippen molar-refractivity contribution < 1.29 is 8.78 Å². The molecule has 3 nitrogen and oxygen atoms in total. The molecule has 0 aromatic carbocycles. The van der Waals surface area contributed by atoms with Gasteiger partial charge in [0.05, 0.1) is 11.3 Å². The Kier molecular flexibility index (Phi) is 2.78. The fraction of sp³-hybridized carbons (Fsp3) is 0.143. The van der Waals surface area contributed by atoms with E-state index in [2.05, 4.69) is 20.9 Å². The number of hydrogen-bond acceptors (Lipinski definition) is 3. The van der Waals surface area contributed by atoms with Gasteiger partial charge in [-0.25, -0.2) is 13.8 Å². The maximum absolute atomic E-state index is 12.2. The van der Waals surface area contributed by atoms with Gasteiger partial charge in [-0.1, -0.05) is 0 Å². The number of nitrogens with zero attached hydrogens (tertiary/aromatic N) is 2. The van der Waals surface area contributed by atoms with Crippen LogP contribution in [0.2, 0.25) is 0 Å². The molecular formula is C7H4BrF2N3. The van der Waals surface area contributed by atoms with E-state index in [1.165, 1.54) is 0 Å². The molecule has 1 aromatic rings. The van der Waals surface area contributed by atoms with Crippen LogP contribution in [0.3, 0.4) is 0 Å². The summed E-state index contributed by atoms with van der Waals surface area (Å²) in [4.78, 5) is 3.57. The minimum Gasteiger partial charge on any atom is -0.397 e. The zero-order valence-electron chi connectivity index (χ0n) is 6.26. The molecule has 0 aliphatic rings. The number of nitriles is 1. The van der Waals surface area contributed by atoms with Crippen molar-refractivity contribution in [2.75, 3.05) is 5.73 Å². The fourth-order valence-corrected chi connectivity index (χ4v) is 1.20. The molecule has 0 bridgehead atoms. The first kappa shape index (κ1) is 9.86. The molecule has 0 aliphatic carbocycles. The van der Waals surface area contributed by atoms with Crippen LogP contribution < -0.4 is 5.73 Å². The van der Waals surface area contributed by atoms with E-state index in [4.69, 9.17) is 11.0 Å². The van der Waals surface area contributed by atoms with Gasteiger partial charge < -0.3 is 5.73 Å². The summed E-state index contributed by atoms with van der Waals surface area (Å²) >= 11 is 2.93. The van der Waals surface area contributed by atoms with Crippen molar-refractivity contribution in [2.45, 2.75) is 6.43 Å². The third-order valence-corrected chi connectivity index (χ3v) is 2.05. The number of nitrogens with two attached hydrogens (primary N) is 1. The summed E-state index contributed by atoms with van der Waals surface area (Å²) in [5, 5.41) is 8.56. The third kappa shape index (κ3) is 1.75. The molecule has 0 atom stereocenters. The topological polar surface area (TPSA) is 62.7 Å². The molecule has 0 radical (unpaired) electrons. The Labute approximate surface area is 81.3 Å². The van der Waals surface area contributed by atoms with Crippen molar-refractivity contribution in [3.05, 3.63) is 21.9 Å². The van der Waals surface area contributed by atoms with Crippen molar-refractivity contribution >= 4 is 21.6 Å². The van der Waals surface area contributed by atoms with Crippen molar-refractivity contribution in [1.29, 1.82) is 5.26 Å². The van der Waals surface area contributed by atoms with Crippen LogP contribution in [-0.4, -0.2) is 4.98 Å². The highest BCUT2D eigenvalue weighted by Gasteiger charge is 2.16. The smallest absolute Gasteiger partial charge is 0.267 e. The van der Waals surface area contributed by atoms with Gasteiger partial charge >= 0.3 is 0 Å². The first-order valence-electron chi connectivity index (χ1n) is 3.20. The lowest BCUT2D eigenvalue weighted by molar-refractivity contribution is 0.152. The summed E-state index contributed by atoms with van der Waals surface area (Å²) in [6, 6.07) is 1.69. The summed E-state index contributed by atoms with van der Waals surface area (Å²) in [5.74, 6) is 0. The number of halogens is 3. The van der Waals surface area contributed by atoms with Crippen LogP contribution in [0.5, 0.6) is 0 Å². The minimum absolute atomic E-state index is 0.0576. The summed E-state index contributed by atoms with van der Waals surface area (Å²) in [6.07, 6.45) is -1.77. The maximum Gasteiger partial charge on any atom is 0.267 e. The summed E-state index contributed by atoms with van der Waals surface area (Å²) in [7, 11) is 0. The molecule has 0 spiro atoms. The standard InChI is InChI=1S/C7H4BrF2N3/c8-6-3(1-11)5(12)4(2-13-6)7(9)10/h2,7H,(H2,12,13). The fourth-order valence-electron chi connectivity index (χ4n) is 0.796. The van der Waals surface area contributed by atoms with E-state index < -0.39 is 12.0 Å². The molecule has 0 aliphatic heterocycles. The number of hydrogen-bond donors (Lipinski definition) is 1. The van der Waals surface area contributed by atoms with Crippen LogP contribution in [0.1, 0.15) is 17.6 Å². The van der Waals surface area contributed by atoms with Crippen molar-refractivity contribution in [3.63, 3.8) is 0 Å². The predicted molar refractivity (Wildman–Crippen MR) is 46.0 cm³/mol. The lowest BCUT2D eigenvalue weighted by atomic mass is 10.2. The van der Waals surface area contributed by atoms with E-state index in [1.807, 2.05) is 0 Å². The Morgan fingerprint density at radius 1 is 1.62 bits per heavy atom. The predicted octanol–water partition coefficient (Wildman–Crippen LogP) is 2.24. The van der Waals surface area contributed by atoms with Gasteiger partial charge in [-0.2, -0.15) is 5.26 Å². The van der Waals surface area contributed by atoms with E-state index in [0.29, 0.717) is 0 Å². The minimum atomic E-state index is -2.72. The molecule has 0 unspecified atom stereocenters. The van der Waals surface area contributed by atoms with Crippen molar-refractivity contribution in [3.8, 4) is 6.07 Å². The van der Waals surface area contributed by atoms with Crippen LogP contribution in [0.15, 0.2) is 10.8 Å². The molecule has 0 saturated heterocycles. The number of anilines is 1. The van der Waals surface area contributed by atoms with Gasteiger partial charge in [-0.05, 0) is 15.9 Å². The maximum atomic E-state index is 12.2. The Bertz CT molecular complexity index is 373. The number of rotatable bonds is 1. The van der Waals surface area contributed by atoms with Gasteiger partial charge in [-0.15, -0.1) is 0 Å². The average Bonchev–Trinajstić information content (AvgIpc) is 2.04. The number of aromatic nitrogens is 1. The Balaban J connectivity index is 3.38. The highest BCUT2D eigenvalue weighted by Crippen LogP contribution is 2.29. The van der Waals surface area contributed by atoms with Crippen molar-refractivity contribution in [2.24, 2.45) is 0 Å². The van der Waals surface area contributed by atoms with Gasteiger partial charge in [-0.3, -0.25) is 0 Å². The molecule has 68 valence electrons. The molecule has 0 amide bonds. The van der Waals surface area contributed by atoms with E-state index >= 15 is 0 Å². The molecule has 0 saturated carbocycles. The zero-order valence-corrected chi connectivity index (χ0v) is 7.85. The highest BCUT2D eigenvalue weighted by molar-refractivity contribution is 9.10. The van der Waals surface area contributed by atoms with Gasteiger partial charge in [0, 0.05) is 6.20 Å². The monoisotopic (exact) mass is 247 g/mol. The molecule has 1 aromatic heterocycles. The Hall–Kier alpha value is -1.22. The second-order valence-electron chi connectivity index (χ2n) is 2.21. The SMILES string of the molecule is N#Cc1c(Br)ncc(C(F)F)c1N. The van der Waals surface area contributed by atoms with Crippen LogP contribution in [0.25, 0.3) is 0 Å². The second kappa shape index (κ2) is 3.66. The summed E-state index contributed by atoms with van der Waals surface area (Å²) < 4.78 is 24.6. The van der Waals surface area contributed by atoms with E-state index in [1.54, 1.807) is 6.07 Å². The quantitative estimate of drug-likeness (QED) is 0.775. The Morgan fingerprint density at radius 2 is 2.23 bits per heavy atom. The number of nitrogen functional groups attached to an aromatic ring is 1. The molecule has 1 heterocycles. The Morgan fingerprint density at radius 3 is 2.69 bits per heavy atom. The molecule has 2 N–H and O–H groups in total. The average molecular weight is 248 g/mol. The van der Waals surface area contributed by atoms with Crippen LogP contribution in [-0.2, 0) is 0 Å². The van der Waals surface area contributed by atoms with Gasteiger partial charge in [0.15, 0.2) is 0 Å². The van der Waals surface area contributed by atoms with Gasteiger partial charge in [0.2, 0.25) is 0 Å². The van der Waals surface area contributed by atoms with Gasteiger partial charge in [0.1, 0.15) is 16.2 Å². The van der Waals surface area contributed by atoms with E-state index in [0.717, 1.165) is 6.20 Å². The normalized spacial score (nSPS) is 10.1. The number of pyridine rings is 1. The van der Waals surface area contributed by atoms with Crippen LogP contribution >= 0.6 is 15.9 Å². The lowest BCUT2D eigenvalue weighted by Gasteiger charge is -2.05. The van der Waals surface area contributed by atoms with Crippen LogP contribution in [0.4, 0.5) is 14.5 Å². The molecule has 6 heteroatoms. The summed E-state index contributed by atoms with van der Waals surface area (Å²) in [5.41, 5.74) is 4.63.